The van der Waals surface area contributed by atoms with Gasteiger partial charge in [0.2, 0.25) is 0 Å². The van der Waals surface area contributed by atoms with Gasteiger partial charge in [0, 0.05) is 6.61 Å². The molecule has 1 aliphatic heterocycles. The number of carbonyl (C=O) groups is 1. The first kappa shape index (κ1) is 13.0. The van der Waals surface area contributed by atoms with Gasteiger partial charge in [-0.25, -0.2) is 4.39 Å². The van der Waals surface area contributed by atoms with Crippen LogP contribution in [0.5, 0.6) is 5.75 Å². The molecule has 98 valence electrons. The van der Waals surface area contributed by atoms with Crippen molar-refractivity contribution in [1.82, 2.24) is 0 Å². The van der Waals surface area contributed by atoms with Gasteiger partial charge < -0.3 is 9.47 Å². The average molecular weight is 252 g/mol. The van der Waals surface area contributed by atoms with E-state index in [0.29, 0.717) is 25.2 Å². The molecule has 4 heteroatoms. The predicted molar refractivity (Wildman–Crippen MR) is 64.8 cm³/mol. The van der Waals surface area contributed by atoms with E-state index in [1.54, 1.807) is 0 Å². The summed E-state index contributed by atoms with van der Waals surface area (Å²) in [5.74, 6) is -0.315. The van der Waals surface area contributed by atoms with Crippen LogP contribution in [-0.4, -0.2) is 18.7 Å². The van der Waals surface area contributed by atoms with Gasteiger partial charge in [0.05, 0.1) is 12.0 Å². The van der Waals surface area contributed by atoms with Crippen LogP contribution in [0.2, 0.25) is 0 Å². The Morgan fingerprint density at radius 2 is 2.17 bits per heavy atom. The van der Waals surface area contributed by atoms with Crippen LogP contribution in [0.1, 0.15) is 26.2 Å². The van der Waals surface area contributed by atoms with Crippen molar-refractivity contribution in [3.05, 3.63) is 30.1 Å². The van der Waals surface area contributed by atoms with Crippen LogP contribution in [0.25, 0.3) is 0 Å². The number of benzene rings is 1. The standard InChI is InChI=1S/C14H17FO3/c1-2-12-9-10(7-8-17-12)14(16)18-13-5-3-11(15)4-6-13/h3-6,10,12H,2,7-9H2,1H3. The van der Waals surface area contributed by atoms with E-state index in [1.807, 2.05) is 6.92 Å². The molecule has 0 radical (unpaired) electrons. The fourth-order valence-electron chi connectivity index (χ4n) is 2.08. The van der Waals surface area contributed by atoms with E-state index in [9.17, 15) is 9.18 Å². The van der Waals surface area contributed by atoms with Gasteiger partial charge >= 0.3 is 5.97 Å². The minimum Gasteiger partial charge on any atom is -0.426 e. The Morgan fingerprint density at radius 1 is 1.44 bits per heavy atom. The first-order valence-corrected chi connectivity index (χ1v) is 6.28. The van der Waals surface area contributed by atoms with Crippen LogP contribution in [0.4, 0.5) is 4.39 Å². The van der Waals surface area contributed by atoms with Crippen LogP contribution >= 0.6 is 0 Å². The molecule has 1 heterocycles. The highest BCUT2D eigenvalue weighted by Crippen LogP contribution is 2.24. The minimum absolute atomic E-state index is 0.117. The molecule has 2 rings (SSSR count). The Hall–Kier alpha value is -1.42. The quantitative estimate of drug-likeness (QED) is 0.613. The van der Waals surface area contributed by atoms with Gasteiger partial charge in [-0.2, -0.15) is 0 Å². The molecular weight excluding hydrogens is 235 g/mol. The summed E-state index contributed by atoms with van der Waals surface area (Å²) in [6.07, 6.45) is 2.44. The van der Waals surface area contributed by atoms with Crippen molar-refractivity contribution in [1.29, 1.82) is 0 Å². The third-order valence-corrected chi connectivity index (χ3v) is 3.19. The molecule has 1 aromatic rings. The summed E-state index contributed by atoms with van der Waals surface area (Å²) < 4.78 is 23.5. The van der Waals surface area contributed by atoms with E-state index < -0.39 is 0 Å². The molecule has 1 aromatic carbocycles. The number of ether oxygens (including phenoxy) is 2. The van der Waals surface area contributed by atoms with Gasteiger partial charge in [-0.15, -0.1) is 0 Å². The van der Waals surface area contributed by atoms with Crippen molar-refractivity contribution >= 4 is 5.97 Å². The second kappa shape index (κ2) is 5.96. The monoisotopic (exact) mass is 252 g/mol. The summed E-state index contributed by atoms with van der Waals surface area (Å²) in [5, 5.41) is 0. The lowest BCUT2D eigenvalue weighted by Gasteiger charge is -2.27. The van der Waals surface area contributed by atoms with E-state index >= 15 is 0 Å². The zero-order chi connectivity index (χ0) is 13.0. The van der Waals surface area contributed by atoms with Crippen LogP contribution in [0.15, 0.2) is 24.3 Å². The highest BCUT2D eigenvalue weighted by atomic mass is 19.1. The summed E-state index contributed by atoms with van der Waals surface area (Å²) >= 11 is 0. The van der Waals surface area contributed by atoms with E-state index in [4.69, 9.17) is 9.47 Å². The molecule has 0 bridgehead atoms. The fourth-order valence-corrected chi connectivity index (χ4v) is 2.08. The fraction of sp³-hybridized carbons (Fsp3) is 0.500. The lowest BCUT2D eigenvalue weighted by atomic mass is 9.94. The molecule has 0 aromatic heterocycles. The lowest BCUT2D eigenvalue weighted by molar-refractivity contribution is -0.144. The molecule has 1 saturated heterocycles. The van der Waals surface area contributed by atoms with Gasteiger partial charge in [-0.05, 0) is 43.5 Å². The summed E-state index contributed by atoms with van der Waals surface area (Å²) in [6.45, 7) is 2.64. The van der Waals surface area contributed by atoms with Crippen molar-refractivity contribution in [2.75, 3.05) is 6.61 Å². The first-order valence-electron chi connectivity index (χ1n) is 6.28. The number of carbonyl (C=O) groups excluding carboxylic acids is 1. The second-order valence-corrected chi connectivity index (χ2v) is 4.50. The molecule has 0 saturated carbocycles. The molecule has 0 N–H and O–H groups in total. The summed E-state index contributed by atoms with van der Waals surface area (Å²) in [7, 11) is 0. The molecule has 2 unspecified atom stereocenters. The Kier molecular flexibility index (Phi) is 4.31. The van der Waals surface area contributed by atoms with Gasteiger partial charge in [0.1, 0.15) is 11.6 Å². The van der Waals surface area contributed by atoms with Crippen LogP contribution < -0.4 is 4.74 Å². The maximum Gasteiger partial charge on any atom is 0.314 e. The molecule has 18 heavy (non-hydrogen) atoms. The zero-order valence-corrected chi connectivity index (χ0v) is 10.4. The molecule has 2 atom stereocenters. The predicted octanol–water partition coefficient (Wildman–Crippen LogP) is 2.94. The largest absolute Gasteiger partial charge is 0.426 e. The smallest absolute Gasteiger partial charge is 0.314 e. The third-order valence-electron chi connectivity index (χ3n) is 3.19. The highest BCUT2D eigenvalue weighted by Gasteiger charge is 2.28. The zero-order valence-electron chi connectivity index (χ0n) is 10.4. The first-order chi connectivity index (χ1) is 8.69. The molecule has 1 fully saturated rings. The van der Waals surface area contributed by atoms with Crippen LogP contribution in [-0.2, 0) is 9.53 Å². The Bertz CT molecular complexity index is 402. The van der Waals surface area contributed by atoms with Gasteiger partial charge in [-0.1, -0.05) is 6.92 Å². The van der Waals surface area contributed by atoms with Crippen LogP contribution in [0, 0.1) is 11.7 Å². The van der Waals surface area contributed by atoms with E-state index in [-0.39, 0.29) is 23.8 Å². The van der Waals surface area contributed by atoms with E-state index in [1.165, 1.54) is 24.3 Å². The molecular formula is C14H17FO3. The number of esters is 1. The topological polar surface area (TPSA) is 35.5 Å². The molecule has 0 aliphatic carbocycles. The van der Waals surface area contributed by atoms with E-state index in [0.717, 1.165) is 6.42 Å². The van der Waals surface area contributed by atoms with Crippen molar-refractivity contribution in [2.24, 2.45) is 5.92 Å². The maximum absolute atomic E-state index is 12.7. The SMILES string of the molecule is CCC1CC(C(=O)Oc2ccc(F)cc2)CCO1. The number of hydrogen-bond donors (Lipinski definition) is 0. The van der Waals surface area contributed by atoms with Crippen molar-refractivity contribution in [3.63, 3.8) is 0 Å². The van der Waals surface area contributed by atoms with Gasteiger partial charge in [0.15, 0.2) is 0 Å². The summed E-state index contributed by atoms with van der Waals surface area (Å²) in [6, 6.07) is 5.48. The van der Waals surface area contributed by atoms with Crippen molar-refractivity contribution in [2.45, 2.75) is 32.3 Å². The van der Waals surface area contributed by atoms with Gasteiger partial charge in [0.25, 0.3) is 0 Å². The average Bonchev–Trinajstić information content (AvgIpc) is 2.41. The van der Waals surface area contributed by atoms with Crippen LogP contribution in [0.3, 0.4) is 0 Å². The second-order valence-electron chi connectivity index (χ2n) is 4.50. The number of halogens is 1. The Morgan fingerprint density at radius 3 is 2.83 bits per heavy atom. The number of rotatable bonds is 3. The lowest BCUT2D eigenvalue weighted by Crippen LogP contribution is -2.32. The third kappa shape index (κ3) is 3.29. The summed E-state index contributed by atoms with van der Waals surface area (Å²) in [5.41, 5.74) is 0. The van der Waals surface area contributed by atoms with Crippen molar-refractivity contribution in [3.8, 4) is 5.75 Å². The Labute approximate surface area is 106 Å². The van der Waals surface area contributed by atoms with E-state index in [2.05, 4.69) is 0 Å². The maximum atomic E-state index is 12.7. The Balaban J connectivity index is 1.93. The highest BCUT2D eigenvalue weighted by molar-refractivity contribution is 5.75. The van der Waals surface area contributed by atoms with Gasteiger partial charge in [-0.3, -0.25) is 4.79 Å². The minimum atomic E-state index is -0.341. The molecule has 3 nitrogen and oxygen atoms in total. The van der Waals surface area contributed by atoms with Crippen molar-refractivity contribution < 1.29 is 18.7 Å². The molecule has 1 aliphatic rings. The normalized spacial score (nSPS) is 23.7. The molecule has 0 amide bonds. The molecule has 0 spiro atoms. The number of hydrogen-bond acceptors (Lipinski definition) is 3. The summed E-state index contributed by atoms with van der Waals surface area (Å²) in [4.78, 5) is 11.9.